The molecule has 1 atom stereocenters. The van der Waals surface area contributed by atoms with Gasteiger partial charge in [0, 0.05) is 0 Å². The summed E-state index contributed by atoms with van der Waals surface area (Å²) in [6.07, 6.45) is 6.75. The molecule has 0 amide bonds. The van der Waals surface area contributed by atoms with E-state index in [1.165, 1.54) is 12.7 Å². The van der Waals surface area contributed by atoms with Gasteiger partial charge < -0.3 is 9.47 Å². The van der Waals surface area contributed by atoms with Crippen LogP contribution in [0.15, 0.2) is 11.6 Å². The molecule has 1 aliphatic rings. The molecule has 0 aromatic rings. The lowest BCUT2D eigenvalue weighted by molar-refractivity contribution is 0.0299. The largest absolute Gasteiger partial charge is 0.508 e. The first-order chi connectivity index (χ1) is 6.72. The molecule has 0 spiro atoms. The molecule has 0 saturated carbocycles. The molecular formula is C11H18O3. The number of rotatable bonds is 1. The Hall–Kier alpha value is -0.990. The van der Waals surface area contributed by atoms with Gasteiger partial charge in [-0.1, -0.05) is 11.6 Å². The quantitative estimate of drug-likeness (QED) is 0.480. The second kappa shape index (κ2) is 5.68. The van der Waals surface area contributed by atoms with Crippen LogP contribution in [0.4, 0.5) is 4.79 Å². The summed E-state index contributed by atoms with van der Waals surface area (Å²) in [4.78, 5) is 10.9. The molecule has 1 aliphatic carbocycles. The molecule has 0 heterocycles. The van der Waals surface area contributed by atoms with E-state index >= 15 is 0 Å². The lowest BCUT2D eigenvalue weighted by Crippen LogP contribution is -2.18. The molecule has 0 fully saturated rings. The van der Waals surface area contributed by atoms with E-state index in [9.17, 15) is 4.79 Å². The number of hydrogen-bond donors (Lipinski definition) is 0. The van der Waals surface area contributed by atoms with E-state index in [4.69, 9.17) is 4.74 Å². The molecule has 1 unspecified atom stereocenters. The predicted molar refractivity (Wildman–Crippen MR) is 54.1 cm³/mol. The van der Waals surface area contributed by atoms with E-state index in [1.54, 1.807) is 0 Å². The van der Waals surface area contributed by atoms with Crippen molar-refractivity contribution in [3.8, 4) is 0 Å². The van der Waals surface area contributed by atoms with Gasteiger partial charge in [0.2, 0.25) is 0 Å². The highest BCUT2D eigenvalue weighted by Crippen LogP contribution is 2.19. The molecule has 0 aromatic carbocycles. The van der Waals surface area contributed by atoms with Crippen LogP contribution in [0, 0.1) is 0 Å². The Kier molecular flexibility index (Phi) is 4.50. The van der Waals surface area contributed by atoms with Crippen LogP contribution in [0.1, 0.15) is 39.0 Å². The zero-order valence-electron chi connectivity index (χ0n) is 8.91. The van der Waals surface area contributed by atoms with Gasteiger partial charge in [0.25, 0.3) is 0 Å². The van der Waals surface area contributed by atoms with Crippen LogP contribution in [-0.4, -0.2) is 19.4 Å². The number of carbonyl (C=O) groups is 1. The Bertz CT molecular complexity index is 221. The molecule has 0 bridgehead atoms. The van der Waals surface area contributed by atoms with E-state index in [-0.39, 0.29) is 6.10 Å². The van der Waals surface area contributed by atoms with Gasteiger partial charge in [-0.3, -0.25) is 0 Å². The van der Waals surface area contributed by atoms with Crippen LogP contribution < -0.4 is 0 Å². The van der Waals surface area contributed by atoms with Gasteiger partial charge in [0.15, 0.2) is 0 Å². The third-order valence-corrected chi connectivity index (χ3v) is 2.51. The third kappa shape index (κ3) is 3.81. The van der Waals surface area contributed by atoms with Crippen molar-refractivity contribution in [2.75, 3.05) is 7.11 Å². The second-order valence-corrected chi connectivity index (χ2v) is 3.71. The summed E-state index contributed by atoms with van der Waals surface area (Å²) < 4.78 is 9.59. The van der Waals surface area contributed by atoms with Crippen molar-refractivity contribution in [1.29, 1.82) is 0 Å². The highest BCUT2D eigenvalue weighted by atomic mass is 16.7. The number of hydrogen-bond acceptors (Lipinski definition) is 3. The molecule has 1 rings (SSSR count). The summed E-state index contributed by atoms with van der Waals surface area (Å²) in [6, 6.07) is 0. The average Bonchev–Trinajstić information content (AvgIpc) is 2.14. The summed E-state index contributed by atoms with van der Waals surface area (Å²) in [5.41, 5.74) is 1.45. The number of methoxy groups -OCH3 is 1. The molecule has 80 valence electrons. The van der Waals surface area contributed by atoms with Gasteiger partial charge in [0.05, 0.1) is 7.11 Å². The maximum atomic E-state index is 10.9. The van der Waals surface area contributed by atoms with Gasteiger partial charge in [-0.2, -0.15) is 0 Å². The highest BCUT2D eigenvalue weighted by Gasteiger charge is 2.15. The summed E-state index contributed by atoms with van der Waals surface area (Å²) >= 11 is 0. The Morgan fingerprint density at radius 1 is 1.50 bits per heavy atom. The van der Waals surface area contributed by atoms with Crippen LogP contribution in [-0.2, 0) is 9.47 Å². The molecular weight excluding hydrogens is 180 g/mol. The first-order valence-corrected chi connectivity index (χ1v) is 5.12. The molecule has 3 heteroatoms. The van der Waals surface area contributed by atoms with Crippen LogP contribution in [0.2, 0.25) is 0 Å². The fraction of sp³-hybridized carbons (Fsp3) is 0.727. The summed E-state index contributed by atoms with van der Waals surface area (Å²) in [7, 11) is 1.34. The normalized spacial score (nSPS) is 26.7. The lowest BCUT2D eigenvalue weighted by atomic mass is 9.99. The minimum atomic E-state index is -0.559. The maximum absolute atomic E-state index is 10.9. The molecule has 0 N–H and O–H groups in total. The topological polar surface area (TPSA) is 35.5 Å². The monoisotopic (exact) mass is 198 g/mol. The number of allylic oxidation sites excluding steroid dienone is 2. The fourth-order valence-electron chi connectivity index (χ4n) is 1.67. The van der Waals surface area contributed by atoms with Crippen LogP contribution in [0.3, 0.4) is 0 Å². The fourth-order valence-corrected chi connectivity index (χ4v) is 1.67. The highest BCUT2D eigenvalue weighted by molar-refractivity contribution is 5.59. The summed E-state index contributed by atoms with van der Waals surface area (Å²) in [6.45, 7) is 2.15. The van der Waals surface area contributed by atoms with Crippen molar-refractivity contribution >= 4 is 6.16 Å². The maximum Gasteiger partial charge on any atom is 0.508 e. The Morgan fingerprint density at radius 3 is 3.00 bits per heavy atom. The molecule has 3 nitrogen and oxygen atoms in total. The Morgan fingerprint density at radius 2 is 2.29 bits per heavy atom. The van der Waals surface area contributed by atoms with Crippen molar-refractivity contribution in [1.82, 2.24) is 0 Å². The molecule has 0 aromatic heterocycles. The Labute approximate surface area is 85.1 Å². The van der Waals surface area contributed by atoms with E-state index < -0.39 is 6.16 Å². The van der Waals surface area contributed by atoms with Crippen LogP contribution in [0.5, 0.6) is 0 Å². The lowest BCUT2D eigenvalue weighted by Gasteiger charge is -2.18. The van der Waals surface area contributed by atoms with Crippen molar-refractivity contribution in [3.05, 3.63) is 11.6 Å². The van der Waals surface area contributed by atoms with Crippen molar-refractivity contribution in [2.45, 2.75) is 45.1 Å². The first-order valence-electron chi connectivity index (χ1n) is 5.12. The Balaban J connectivity index is 2.37. The first kappa shape index (κ1) is 11.1. The van der Waals surface area contributed by atoms with Crippen molar-refractivity contribution in [3.63, 3.8) is 0 Å². The van der Waals surface area contributed by atoms with E-state index in [1.807, 2.05) is 0 Å². The van der Waals surface area contributed by atoms with Crippen LogP contribution in [0.25, 0.3) is 0 Å². The van der Waals surface area contributed by atoms with Gasteiger partial charge >= 0.3 is 6.16 Å². The van der Waals surface area contributed by atoms with Gasteiger partial charge in [-0.25, -0.2) is 4.79 Å². The summed E-state index contributed by atoms with van der Waals surface area (Å²) in [5, 5.41) is 0. The minimum Gasteiger partial charge on any atom is -0.438 e. The predicted octanol–water partition coefficient (Wildman–Crippen LogP) is 3.05. The number of carbonyl (C=O) groups excluding carboxylic acids is 1. The zero-order chi connectivity index (χ0) is 10.4. The standard InChI is InChI=1S/C11H18O3/c1-9-5-3-7-10(8-4-6-9)14-11(12)13-2/h5,10H,3-4,6-8H2,1-2H3/b9-5-. The number of ether oxygens (including phenoxy) is 2. The second-order valence-electron chi connectivity index (χ2n) is 3.71. The smallest absolute Gasteiger partial charge is 0.438 e. The molecule has 0 aliphatic heterocycles. The average molecular weight is 198 g/mol. The van der Waals surface area contributed by atoms with Gasteiger partial charge in [-0.05, 0) is 39.0 Å². The molecule has 0 saturated heterocycles. The third-order valence-electron chi connectivity index (χ3n) is 2.51. The molecule has 14 heavy (non-hydrogen) atoms. The van der Waals surface area contributed by atoms with E-state index in [0.717, 1.165) is 32.1 Å². The van der Waals surface area contributed by atoms with E-state index in [0.29, 0.717) is 0 Å². The van der Waals surface area contributed by atoms with Crippen LogP contribution >= 0.6 is 0 Å². The summed E-state index contributed by atoms with van der Waals surface area (Å²) in [5.74, 6) is 0. The van der Waals surface area contributed by atoms with Gasteiger partial charge in [0.1, 0.15) is 6.10 Å². The SMILES string of the molecule is COC(=O)OC1CC/C=C(/C)CCC1. The van der Waals surface area contributed by atoms with Crippen molar-refractivity contribution in [2.24, 2.45) is 0 Å². The zero-order valence-corrected chi connectivity index (χ0v) is 8.91. The van der Waals surface area contributed by atoms with Gasteiger partial charge in [-0.15, -0.1) is 0 Å². The minimum absolute atomic E-state index is 0.0341. The van der Waals surface area contributed by atoms with Crippen molar-refractivity contribution < 1.29 is 14.3 Å². The molecule has 0 radical (unpaired) electrons. The van der Waals surface area contributed by atoms with E-state index in [2.05, 4.69) is 17.7 Å².